The number of sulfone groups is 1. The summed E-state index contributed by atoms with van der Waals surface area (Å²) in [7, 11) is -3.96. The van der Waals surface area contributed by atoms with Crippen molar-refractivity contribution in [1.82, 2.24) is 0 Å². The lowest BCUT2D eigenvalue weighted by Crippen LogP contribution is -2.47. The maximum absolute atomic E-state index is 16.0. The fourth-order valence-corrected chi connectivity index (χ4v) is 7.46. The van der Waals surface area contributed by atoms with Crippen LogP contribution in [0.5, 0.6) is 0 Å². The standard InChI is InChI=1S/C27H32Cl2FNO4S/c1-17(18-5-6-18)31(25(32)26(2,3)4)24-22(29)15-19(16-23(24)30)27(11-13-35-14-12-27)36(33,34)21-9-7-20(28)8-10-21/h7-10,15-18H,5-6,11-14H2,1-4H3. The van der Waals surface area contributed by atoms with Gasteiger partial charge in [0.25, 0.3) is 0 Å². The maximum atomic E-state index is 16.0. The number of anilines is 1. The minimum atomic E-state index is -3.96. The summed E-state index contributed by atoms with van der Waals surface area (Å²) in [5.74, 6) is -0.664. The summed E-state index contributed by atoms with van der Waals surface area (Å²) in [5.41, 5.74) is -0.489. The van der Waals surface area contributed by atoms with Gasteiger partial charge in [-0.25, -0.2) is 12.8 Å². The molecule has 0 spiro atoms. The van der Waals surface area contributed by atoms with Gasteiger partial charge in [0.1, 0.15) is 10.6 Å². The summed E-state index contributed by atoms with van der Waals surface area (Å²) in [6.45, 7) is 7.70. The van der Waals surface area contributed by atoms with Gasteiger partial charge in [0, 0.05) is 29.7 Å². The molecule has 0 N–H and O–H groups in total. The summed E-state index contributed by atoms with van der Waals surface area (Å²) in [5, 5.41) is 0.439. The van der Waals surface area contributed by atoms with Crippen LogP contribution in [0.1, 0.15) is 58.9 Å². The molecule has 1 amide bonds. The molecule has 9 heteroatoms. The van der Waals surface area contributed by atoms with Crippen molar-refractivity contribution >= 4 is 44.6 Å². The van der Waals surface area contributed by atoms with Gasteiger partial charge in [0.15, 0.2) is 9.84 Å². The predicted octanol–water partition coefficient (Wildman–Crippen LogP) is 6.79. The molecule has 196 valence electrons. The number of amides is 1. The SMILES string of the molecule is CC(C1CC1)N(C(=O)C(C)(C)C)c1c(F)cc(C2(S(=O)(=O)c3ccc(Cl)cc3)CCOCC2)cc1Cl. The van der Waals surface area contributed by atoms with E-state index < -0.39 is 25.8 Å². The number of benzene rings is 2. The van der Waals surface area contributed by atoms with Gasteiger partial charge >= 0.3 is 0 Å². The zero-order valence-corrected chi connectivity index (χ0v) is 23.3. The van der Waals surface area contributed by atoms with Crippen LogP contribution in [0.2, 0.25) is 10.0 Å². The lowest BCUT2D eigenvalue weighted by atomic mass is 9.89. The molecule has 4 rings (SSSR count). The van der Waals surface area contributed by atoms with Crippen LogP contribution >= 0.6 is 23.2 Å². The van der Waals surface area contributed by atoms with Gasteiger partial charge in [0.2, 0.25) is 5.91 Å². The number of carbonyl (C=O) groups excluding carboxylic acids is 1. The lowest BCUT2D eigenvalue weighted by molar-refractivity contribution is -0.126. The molecule has 2 aromatic carbocycles. The third kappa shape index (κ3) is 4.92. The molecule has 1 unspecified atom stereocenters. The van der Waals surface area contributed by atoms with E-state index >= 15 is 4.39 Å². The van der Waals surface area contributed by atoms with Crippen LogP contribution in [0.15, 0.2) is 41.3 Å². The molecular weight excluding hydrogens is 524 g/mol. The summed E-state index contributed by atoms with van der Waals surface area (Å²) in [6, 6.07) is 8.49. The Balaban J connectivity index is 1.86. The van der Waals surface area contributed by atoms with Crippen molar-refractivity contribution in [3.8, 4) is 0 Å². The van der Waals surface area contributed by atoms with E-state index in [1.165, 1.54) is 41.3 Å². The summed E-state index contributed by atoms with van der Waals surface area (Å²) in [4.78, 5) is 15.0. The van der Waals surface area contributed by atoms with E-state index in [1.54, 1.807) is 20.8 Å². The quantitative estimate of drug-likeness (QED) is 0.393. The van der Waals surface area contributed by atoms with Crippen molar-refractivity contribution in [2.24, 2.45) is 11.3 Å². The number of carbonyl (C=O) groups is 1. The first-order valence-electron chi connectivity index (χ1n) is 12.2. The second-order valence-corrected chi connectivity index (χ2v) is 14.0. The normalized spacial score (nSPS) is 19.1. The molecule has 1 saturated heterocycles. The van der Waals surface area contributed by atoms with Crippen LogP contribution in [-0.2, 0) is 24.1 Å². The smallest absolute Gasteiger partial charge is 0.232 e. The Morgan fingerprint density at radius 3 is 2.19 bits per heavy atom. The van der Waals surface area contributed by atoms with Gasteiger partial charge < -0.3 is 9.64 Å². The topological polar surface area (TPSA) is 63.7 Å². The minimum Gasteiger partial charge on any atom is -0.381 e. The van der Waals surface area contributed by atoms with E-state index in [1.807, 2.05) is 6.92 Å². The molecule has 1 heterocycles. The van der Waals surface area contributed by atoms with Crippen LogP contribution in [0, 0.1) is 17.2 Å². The van der Waals surface area contributed by atoms with Crippen LogP contribution in [0.4, 0.5) is 10.1 Å². The van der Waals surface area contributed by atoms with Crippen molar-refractivity contribution < 1.29 is 22.3 Å². The van der Waals surface area contributed by atoms with Gasteiger partial charge in [-0.2, -0.15) is 0 Å². The van der Waals surface area contributed by atoms with Gasteiger partial charge in [-0.3, -0.25) is 4.79 Å². The monoisotopic (exact) mass is 555 g/mol. The molecule has 2 aromatic rings. The van der Waals surface area contributed by atoms with Crippen molar-refractivity contribution in [2.75, 3.05) is 18.1 Å². The first-order valence-corrected chi connectivity index (χ1v) is 14.4. The molecule has 1 atom stereocenters. The Morgan fingerprint density at radius 2 is 1.69 bits per heavy atom. The third-order valence-electron chi connectivity index (χ3n) is 7.29. The number of hydrogen-bond donors (Lipinski definition) is 0. The molecule has 1 aliphatic heterocycles. The average molecular weight is 557 g/mol. The maximum Gasteiger partial charge on any atom is 0.232 e. The van der Waals surface area contributed by atoms with Gasteiger partial charge in [-0.15, -0.1) is 0 Å². The molecule has 5 nitrogen and oxygen atoms in total. The summed E-state index contributed by atoms with van der Waals surface area (Å²) >= 11 is 12.7. The molecule has 2 fully saturated rings. The van der Waals surface area contributed by atoms with Crippen molar-refractivity contribution in [3.05, 3.63) is 57.8 Å². The molecule has 1 aliphatic carbocycles. The molecular formula is C27H32Cl2FNO4S. The largest absolute Gasteiger partial charge is 0.381 e. The number of halogens is 3. The van der Waals surface area contributed by atoms with Crippen LogP contribution in [-0.4, -0.2) is 33.6 Å². The predicted molar refractivity (Wildman–Crippen MR) is 141 cm³/mol. The Morgan fingerprint density at radius 1 is 1.11 bits per heavy atom. The molecule has 2 aliphatic rings. The lowest BCUT2D eigenvalue weighted by Gasteiger charge is -2.39. The second kappa shape index (κ2) is 9.90. The van der Waals surface area contributed by atoms with Crippen LogP contribution in [0.25, 0.3) is 0 Å². The van der Waals surface area contributed by atoms with Crippen molar-refractivity contribution in [3.63, 3.8) is 0 Å². The first kappa shape index (κ1) is 27.4. The fraction of sp³-hybridized carbons (Fsp3) is 0.519. The van der Waals surface area contributed by atoms with Crippen molar-refractivity contribution in [2.45, 2.75) is 69.1 Å². The fourth-order valence-electron chi connectivity index (χ4n) is 4.95. The van der Waals surface area contributed by atoms with E-state index in [0.717, 1.165) is 12.8 Å². The summed E-state index contributed by atoms with van der Waals surface area (Å²) in [6.07, 6.45) is 2.23. The van der Waals surface area contributed by atoms with Gasteiger partial charge in [-0.05, 0) is 80.5 Å². The van der Waals surface area contributed by atoms with E-state index in [9.17, 15) is 13.2 Å². The Labute approximate surface area is 222 Å². The first-order chi connectivity index (χ1) is 16.8. The van der Waals surface area contributed by atoms with Crippen LogP contribution in [0.3, 0.4) is 0 Å². The Kier molecular flexibility index (Phi) is 7.52. The molecule has 0 bridgehead atoms. The second-order valence-electron chi connectivity index (χ2n) is 10.9. The zero-order chi connectivity index (χ0) is 26.5. The third-order valence-corrected chi connectivity index (χ3v) is 10.4. The number of ether oxygens (including phenoxy) is 1. The van der Waals surface area contributed by atoms with Crippen molar-refractivity contribution in [1.29, 1.82) is 0 Å². The molecule has 0 radical (unpaired) electrons. The van der Waals surface area contributed by atoms with E-state index in [2.05, 4.69) is 0 Å². The highest BCUT2D eigenvalue weighted by Crippen LogP contribution is 2.48. The minimum absolute atomic E-state index is 0.00541. The molecule has 36 heavy (non-hydrogen) atoms. The highest BCUT2D eigenvalue weighted by atomic mass is 35.5. The summed E-state index contributed by atoms with van der Waals surface area (Å²) < 4.78 is 48.0. The van der Waals surface area contributed by atoms with Gasteiger partial charge in [0.05, 0.1) is 15.6 Å². The highest BCUT2D eigenvalue weighted by molar-refractivity contribution is 7.92. The van der Waals surface area contributed by atoms with Gasteiger partial charge in [-0.1, -0.05) is 44.0 Å². The zero-order valence-electron chi connectivity index (χ0n) is 21.0. The highest BCUT2D eigenvalue weighted by Gasteiger charge is 2.48. The molecule has 0 aromatic heterocycles. The Bertz CT molecular complexity index is 1220. The van der Waals surface area contributed by atoms with Crippen LogP contribution < -0.4 is 4.90 Å². The van der Waals surface area contributed by atoms with E-state index in [4.69, 9.17) is 27.9 Å². The van der Waals surface area contributed by atoms with E-state index in [-0.39, 0.29) is 65.1 Å². The number of hydrogen-bond acceptors (Lipinski definition) is 4. The average Bonchev–Trinajstić information content (AvgIpc) is 3.66. The number of rotatable bonds is 6. The number of nitrogens with zero attached hydrogens (tertiary/aromatic N) is 1. The Hall–Kier alpha value is -1.67. The molecule has 1 saturated carbocycles. The van der Waals surface area contributed by atoms with E-state index in [0.29, 0.717) is 5.02 Å².